The number of carbonyl (C=O) groups excluding carboxylic acids is 2. The quantitative estimate of drug-likeness (QED) is 0.781. The molecule has 0 bridgehead atoms. The lowest BCUT2D eigenvalue weighted by Crippen LogP contribution is -2.34. The van der Waals surface area contributed by atoms with Crippen molar-refractivity contribution in [2.75, 3.05) is 20.7 Å². The largest absolute Gasteiger partial charge is 0.469 e. The number of esters is 1. The summed E-state index contributed by atoms with van der Waals surface area (Å²) in [7, 11) is 2.98. The van der Waals surface area contributed by atoms with Crippen molar-refractivity contribution in [1.29, 1.82) is 0 Å². The maximum Gasteiger partial charge on any atom is 0.310 e. The van der Waals surface area contributed by atoms with Crippen LogP contribution in [-0.2, 0) is 9.53 Å². The van der Waals surface area contributed by atoms with E-state index in [2.05, 4.69) is 14.9 Å². The number of aromatic nitrogens is 2. The van der Waals surface area contributed by atoms with Gasteiger partial charge in [0.2, 0.25) is 0 Å². The summed E-state index contributed by atoms with van der Waals surface area (Å²) in [5.41, 5.74) is 1.23. The molecule has 0 spiro atoms. The van der Waals surface area contributed by atoms with Gasteiger partial charge in [0.05, 0.1) is 24.8 Å². The second-order valence-corrected chi connectivity index (χ2v) is 4.02. The first-order valence-corrected chi connectivity index (χ1v) is 5.30. The highest BCUT2D eigenvalue weighted by Gasteiger charge is 2.21. The summed E-state index contributed by atoms with van der Waals surface area (Å²) in [6.07, 6.45) is 1.48. The maximum atomic E-state index is 12.0. The highest BCUT2D eigenvalue weighted by atomic mass is 16.5. The van der Waals surface area contributed by atoms with Crippen molar-refractivity contribution < 1.29 is 14.3 Å². The highest BCUT2D eigenvalue weighted by molar-refractivity contribution is 5.95. The number of nitrogens with one attached hydrogen (secondary N) is 1. The number of nitrogens with zero attached hydrogens (tertiary/aromatic N) is 2. The van der Waals surface area contributed by atoms with Crippen LogP contribution in [0, 0.1) is 12.8 Å². The summed E-state index contributed by atoms with van der Waals surface area (Å²) in [4.78, 5) is 24.7. The summed E-state index contributed by atoms with van der Waals surface area (Å²) in [6, 6.07) is 0. The zero-order chi connectivity index (χ0) is 13.0. The van der Waals surface area contributed by atoms with Gasteiger partial charge in [0.25, 0.3) is 5.91 Å². The third kappa shape index (κ3) is 3.05. The van der Waals surface area contributed by atoms with Crippen LogP contribution in [-0.4, -0.2) is 47.7 Å². The molecular formula is C11H17N3O3. The molecule has 1 rings (SSSR count). The second-order valence-electron chi connectivity index (χ2n) is 4.02. The smallest absolute Gasteiger partial charge is 0.310 e. The van der Waals surface area contributed by atoms with E-state index in [9.17, 15) is 9.59 Å². The Labute approximate surface area is 99.9 Å². The molecule has 1 atom stereocenters. The van der Waals surface area contributed by atoms with Gasteiger partial charge >= 0.3 is 5.97 Å². The van der Waals surface area contributed by atoms with Crippen LogP contribution in [0.2, 0.25) is 0 Å². The van der Waals surface area contributed by atoms with Gasteiger partial charge in [-0.25, -0.2) is 0 Å². The normalized spacial score (nSPS) is 12.0. The third-order valence-corrected chi connectivity index (χ3v) is 2.56. The van der Waals surface area contributed by atoms with Crippen LogP contribution in [0.5, 0.6) is 0 Å². The van der Waals surface area contributed by atoms with Gasteiger partial charge in [-0.2, -0.15) is 5.10 Å². The molecule has 17 heavy (non-hydrogen) atoms. The lowest BCUT2D eigenvalue weighted by Gasteiger charge is -2.19. The van der Waals surface area contributed by atoms with Crippen molar-refractivity contribution in [2.45, 2.75) is 13.8 Å². The number of carbonyl (C=O) groups is 2. The summed E-state index contributed by atoms with van der Waals surface area (Å²) < 4.78 is 4.61. The Morgan fingerprint density at radius 3 is 2.71 bits per heavy atom. The summed E-state index contributed by atoms with van der Waals surface area (Å²) in [6.45, 7) is 3.81. The minimum absolute atomic E-state index is 0.160. The van der Waals surface area contributed by atoms with Gasteiger partial charge in [0.15, 0.2) is 0 Å². The van der Waals surface area contributed by atoms with Crippen LogP contribution >= 0.6 is 0 Å². The molecule has 1 heterocycles. The van der Waals surface area contributed by atoms with E-state index in [0.717, 1.165) is 0 Å². The van der Waals surface area contributed by atoms with Crippen LogP contribution in [0.4, 0.5) is 0 Å². The molecular weight excluding hydrogens is 222 g/mol. The molecule has 6 heteroatoms. The van der Waals surface area contributed by atoms with E-state index in [0.29, 0.717) is 17.8 Å². The first kappa shape index (κ1) is 13.2. The molecule has 0 saturated heterocycles. The predicted molar refractivity (Wildman–Crippen MR) is 61.5 cm³/mol. The van der Waals surface area contributed by atoms with Crippen LogP contribution in [0.15, 0.2) is 6.20 Å². The minimum Gasteiger partial charge on any atom is -0.469 e. The molecule has 1 amide bonds. The monoisotopic (exact) mass is 239 g/mol. The van der Waals surface area contributed by atoms with Crippen LogP contribution < -0.4 is 0 Å². The Morgan fingerprint density at radius 1 is 1.59 bits per heavy atom. The van der Waals surface area contributed by atoms with Crippen molar-refractivity contribution in [3.63, 3.8) is 0 Å². The molecule has 0 aromatic carbocycles. The number of amides is 1. The fraction of sp³-hybridized carbons (Fsp3) is 0.545. The molecule has 0 aliphatic carbocycles. The first-order chi connectivity index (χ1) is 7.97. The van der Waals surface area contributed by atoms with E-state index >= 15 is 0 Å². The molecule has 1 N–H and O–H groups in total. The average molecular weight is 239 g/mol. The predicted octanol–water partition coefficient (Wildman–Crippen LogP) is 0.599. The molecule has 1 aromatic rings. The molecule has 0 fully saturated rings. The number of hydrogen-bond donors (Lipinski definition) is 1. The standard InChI is InChI=1S/C11H17N3O3/c1-7(11(16)17-4)6-14(3)10(15)9-5-12-13-8(9)2/h5,7H,6H2,1-4H3,(H,12,13). The molecule has 94 valence electrons. The Bertz CT molecular complexity index is 414. The Balaban J connectivity index is 2.65. The van der Waals surface area contributed by atoms with Gasteiger partial charge < -0.3 is 9.64 Å². The van der Waals surface area contributed by atoms with E-state index in [1.165, 1.54) is 18.2 Å². The number of ether oxygens (including phenoxy) is 1. The molecule has 0 aliphatic rings. The van der Waals surface area contributed by atoms with Crippen molar-refractivity contribution in [3.05, 3.63) is 17.5 Å². The van der Waals surface area contributed by atoms with E-state index in [-0.39, 0.29) is 17.8 Å². The number of methoxy groups -OCH3 is 1. The van der Waals surface area contributed by atoms with Gasteiger partial charge in [-0.1, -0.05) is 6.92 Å². The fourth-order valence-electron chi connectivity index (χ4n) is 1.54. The van der Waals surface area contributed by atoms with E-state index in [1.807, 2.05) is 0 Å². The zero-order valence-corrected chi connectivity index (χ0v) is 10.5. The number of aryl methyl sites for hydroxylation is 1. The van der Waals surface area contributed by atoms with Gasteiger partial charge in [0.1, 0.15) is 0 Å². The molecule has 0 saturated carbocycles. The maximum absolute atomic E-state index is 12.0. The van der Waals surface area contributed by atoms with Crippen LogP contribution in [0.3, 0.4) is 0 Å². The molecule has 1 aromatic heterocycles. The summed E-state index contributed by atoms with van der Waals surface area (Å²) >= 11 is 0. The second kappa shape index (κ2) is 5.47. The summed E-state index contributed by atoms with van der Waals surface area (Å²) in [5.74, 6) is -0.832. The van der Waals surface area contributed by atoms with Gasteiger partial charge in [0, 0.05) is 19.3 Å². The molecule has 0 radical (unpaired) electrons. The topological polar surface area (TPSA) is 75.3 Å². The molecule has 6 nitrogen and oxygen atoms in total. The van der Waals surface area contributed by atoms with Crippen molar-refractivity contribution in [1.82, 2.24) is 15.1 Å². The third-order valence-electron chi connectivity index (χ3n) is 2.56. The van der Waals surface area contributed by atoms with E-state index in [1.54, 1.807) is 20.9 Å². The molecule has 0 aliphatic heterocycles. The van der Waals surface area contributed by atoms with Crippen molar-refractivity contribution in [3.8, 4) is 0 Å². The SMILES string of the molecule is COC(=O)C(C)CN(C)C(=O)c1cn[nH]c1C. The molecule has 1 unspecified atom stereocenters. The Morgan fingerprint density at radius 2 is 2.24 bits per heavy atom. The van der Waals surface area contributed by atoms with Gasteiger partial charge in [-0.3, -0.25) is 14.7 Å². The van der Waals surface area contributed by atoms with Crippen molar-refractivity contribution in [2.24, 2.45) is 5.92 Å². The zero-order valence-electron chi connectivity index (χ0n) is 10.5. The first-order valence-electron chi connectivity index (χ1n) is 5.30. The van der Waals surface area contributed by atoms with Gasteiger partial charge in [-0.15, -0.1) is 0 Å². The van der Waals surface area contributed by atoms with Gasteiger partial charge in [-0.05, 0) is 6.92 Å². The van der Waals surface area contributed by atoms with Crippen LogP contribution in [0.25, 0.3) is 0 Å². The minimum atomic E-state index is -0.346. The van der Waals surface area contributed by atoms with Crippen LogP contribution in [0.1, 0.15) is 23.0 Å². The van der Waals surface area contributed by atoms with Crippen molar-refractivity contribution >= 4 is 11.9 Å². The highest BCUT2D eigenvalue weighted by Crippen LogP contribution is 2.08. The average Bonchev–Trinajstić information content (AvgIpc) is 2.73. The van der Waals surface area contributed by atoms with E-state index in [4.69, 9.17) is 0 Å². The van der Waals surface area contributed by atoms with E-state index < -0.39 is 0 Å². The lowest BCUT2D eigenvalue weighted by atomic mass is 10.1. The Hall–Kier alpha value is -1.85. The number of aromatic amines is 1. The summed E-state index contributed by atoms with van der Waals surface area (Å²) in [5, 5.41) is 6.49. The fourth-order valence-corrected chi connectivity index (χ4v) is 1.54. The lowest BCUT2D eigenvalue weighted by molar-refractivity contribution is -0.145. The number of hydrogen-bond acceptors (Lipinski definition) is 4. The number of H-pyrrole nitrogens is 1. The Kier molecular flexibility index (Phi) is 4.25. The number of rotatable bonds is 4.